The van der Waals surface area contributed by atoms with Crippen molar-refractivity contribution in [2.75, 3.05) is 27.4 Å². The Bertz CT molecular complexity index is 467. The molecule has 0 N–H and O–H groups in total. The van der Waals surface area contributed by atoms with Crippen molar-refractivity contribution in [3.8, 4) is 11.5 Å². The van der Waals surface area contributed by atoms with Crippen LogP contribution in [0, 0.1) is 5.92 Å². The van der Waals surface area contributed by atoms with Crippen LogP contribution in [0.2, 0.25) is 5.02 Å². The summed E-state index contributed by atoms with van der Waals surface area (Å²) in [5.41, 5.74) is 0.490. The van der Waals surface area contributed by atoms with Crippen molar-refractivity contribution < 1.29 is 19.0 Å². The number of halogens is 1. The van der Waals surface area contributed by atoms with Gasteiger partial charge in [0.15, 0.2) is 11.5 Å². The molecule has 2 rings (SSSR count). The summed E-state index contributed by atoms with van der Waals surface area (Å²) in [6, 6.07) is 3.38. The third-order valence-corrected chi connectivity index (χ3v) is 3.64. The third-order valence-electron chi connectivity index (χ3n) is 3.28. The Hall–Kier alpha value is -1.26. The van der Waals surface area contributed by atoms with Crippen LogP contribution >= 0.6 is 11.6 Å². The zero-order valence-corrected chi connectivity index (χ0v) is 11.8. The van der Waals surface area contributed by atoms with E-state index >= 15 is 0 Å². The molecule has 0 aromatic heterocycles. The molecule has 0 bridgehead atoms. The zero-order valence-electron chi connectivity index (χ0n) is 11.1. The highest BCUT2D eigenvalue weighted by Gasteiger charge is 2.27. The van der Waals surface area contributed by atoms with Gasteiger partial charge in [-0.3, -0.25) is 4.79 Å². The highest BCUT2D eigenvalue weighted by molar-refractivity contribution is 6.34. The summed E-state index contributed by atoms with van der Waals surface area (Å²) >= 11 is 6.16. The number of carbonyl (C=O) groups is 1. The van der Waals surface area contributed by atoms with Gasteiger partial charge in [0.05, 0.1) is 26.4 Å². The number of ether oxygens (including phenoxy) is 3. The quantitative estimate of drug-likeness (QED) is 0.798. The summed E-state index contributed by atoms with van der Waals surface area (Å²) in [7, 11) is 3.02. The number of Topliss-reactive ketones (excluding diaryl/α,β-unsaturated/α-hetero) is 1. The molecule has 4 nitrogen and oxygen atoms in total. The SMILES string of the molecule is COc1ccc(C(=O)C2CCCOC2)c(OC)c1Cl. The maximum absolute atomic E-state index is 12.5. The van der Waals surface area contributed by atoms with Crippen molar-refractivity contribution in [3.63, 3.8) is 0 Å². The summed E-state index contributed by atoms with van der Waals surface area (Å²) < 4.78 is 15.7. The first-order valence-electron chi connectivity index (χ1n) is 6.21. The minimum atomic E-state index is -0.118. The van der Waals surface area contributed by atoms with Gasteiger partial charge in [0.1, 0.15) is 10.8 Å². The molecule has 0 radical (unpaired) electrons. The van der Waals surface area contributed by atoms with E-state index in [0.29, 0.717) is 28.7 Å². The van der Waals surface area contributed by atoms with E-state index in [9.17, 15) is 4.79 Å². The summed E-state index contributed by atoms with van der Waals surface area (Å²) in [5, 5.41) is 0.326. The van der Waals surface area contributed by atoms with Crippen LogP contribution in [0.1, 0.15) is 23.2 Å². The molecule has 0 spiro atoms. The molecule has 0 saturated carbocycles. The molecule has 1 saturated heterocycles. The lowest BCUT2D eigenvalue weighted by molar-refractivity contribution is 0.0459. The molecule has 0 amide bonds. The fourth-order valence-electron chi connectivity index (χ4n) is 2.26. The summed E-state index contributed by atoms with van der Waals surface area (Å²) in [6.45, 7) is 1.19. The van der Waals surface area contributed by atoms with E-state index < -0.39 is 0 Å². The number of benzene rings is 1. The Balaban J connectivity index is 2.33. The van der Waals surface area contributed by atoms with E-state index in [-0.39, 0.29) is 11.7 Å². The molecule has 1 fully saturated rings. The smallest absolute Gasteiger partial charge is 0.172 e. The third kappa shape index (κ3) is 2.85. The second kappa shape index (κ2) is 6.26. The fourth-order valence-corrected chi connectivity index (χ4v) is 2.58. The monoisotopic (exact) mass is 284 g/mol. The second-order valence-corrected chi connectivity index (χ2v) is 4.82. The van der Waals surface area contributed by atoms with E-state index in [1.165, 1.54) is 14.2 Å². The number of methoxy groups -OCH3 is 2. The first kappa shape index (κ1) is 14.2. The Morgan fingerprint density at radius 2 is 2.16 bits per heavy atom. The normalized spacial score (nSPS) is 19.0. The largest absolute Gasteiger partial charge is 0.495 e. The Morgan fingerprint density at radius 1 is 1.37 bits per heavy atom. The highest BCUT2D eigenvalue weighted by Crippen LogP contribution is 2.38. The molecule has 0 aliphatic carbocycles. The molecule has 1 aliphatic rings. The van der Waals surface area contributed by atoms with E-state index in [0.717, 1.165) is 19.4 Å². The minimum Gasteiger partial charge on any atom is -0.495 e. The lowest BCUT2D eigenvalue weighted by Gasteiger charge is -2.22. The van der Waals surface area contributed by atoms with E-state index in [1.807, 2.05) is 0 Å². The molecule has 19 heavy (non-hydrogen) atoms. The van der Waals surface area contributed by atoms with Gasteiger partial charge < -0.3 is 14.2 Å². The molecule has 5 heteroatoms. The maximum Gasteiger partial charge on any atom is 0.172 e. The average molecular weight is 285 g/mol. The van der Waals surface area contributed by atoms with Gasteiger partial charge in [0.2, 0.25) is 0 Å². The minimum absolute atomic E-state index is 0.0149. The molecule has 1 unspecified atom stereocenters. The van der Waals surface area contributed by atoms with Crippen LogP contribution < -0.4 is 9.47 Å². The van der Waals surface area contributed by atoms with E-state index in [2.05, 4.69) is 0 Å². The van der Waals surface area contributed by atoms with E-state index in [4.69, 9.17) is 25.8 Å². The van der Waals surface area contributed by atoms with E-state index in [1.54, 1.807) is 12.1 Å². The highest BCUT2D eigenvalue weighted by atomic mass is 35.5. The molecular formula is C14H17ClO4. The first-order chi connectivity index (χ1) is 9.19. The van der Waals surface area contributed by atoms with Gasteiger partial charge in [0.25, 0.3) is 0 Å². The first-order valence-corrected chi connectivity index (χ1v) is 6.59. The van der Waals surface area contributed by atoms with Crippen molar-refractivity contribution in [2.24, 2.45) is 5.92 Å². The van der Waals surface area contributed by atoms with Gasteiger partial charge in [-0.2, -0.15) is 0 Å². The topological polar surface area (TPSA) is 44.8 Å². The van der Waals surface area contributed by atoms with Crippen molar-refractivity contribution in [2.45, 2.75) is 12.8 Å². The average Bonchev–Trinajstić information content (AvgIpc) is 2.47. The Labute approximate surface area is 117 Å². The molecule has 1 aliphatic heterocycles. The van der Waals surface area contributed by atoms with Crippen molar-refractivity contribution in [1.29, 1.82) is 0 Å². The van der Waals surface area contributed by atoms with Crippen molar-refractivity contribution >= 4 is 17.4 Å². The van der Waals surface area contributed by atoms with Gasteiger partial charge in [-0.25, -0.2) is 0 Å². The number of rotatable bonds is 4. The summed E-state index contributed by atoms with van der Waals surface area (Å²) in [4.78, 5) is 12.5. The predicted molar refractivity (Wildman–Crippen MR) is 72.4 cm³/mol. The van der Waals surface area contributed by atoms with Crippen LogP contribution in [0.25, 0.3) is 0 Å². The maximum atomic E-state index is 12.5. The van der Waals surface area contributed by atoms with Gasteiger partial charge in [-0.05, 0) is 25.0 Å². The molecule has 1 aromatic rings. The summed E-state index contributed by atoms with van der Waals surface area (Å²) in [6.07, 6.45) is 1.74. The van der Waals surface area contributed by atoms with Gasteiger partial charge in [0, 0.05) is 12.5 Å². The number of carbonyl (C=O) groups excluding carboxylic acids is 1. The lowest BCUT2D eigenvalue weighted by atomic mass is 9.92. The van der Waals surface area contributed by atoms with Crippen molar-refractivity contribution in [1.82, 2.24) is 0 Å². The van der Waals surface area contributed by atoms with Gasteiger partial charge in [-0.1, -0.05) is 11.6 Å². The van der Waals surface area contributed by atoms with Crippen LogP contribution in [0.15, 0.2) is 12.1 Å². The molecular weight excluding hydrogens is 268 g/mol. The second-order valence-electron chi connectivity index (χ2n) is 4.44. The number of hydrogen-bond acceptors (Lipinski definition) is 4. The summed E-state index contributed by atoms with van der Waals surface area (Å²) in [5.74, 6) is 0.764. The van der Waals surface area contributed by atoms with Crippen LogP contribution in [0.5, 0.6) is 11.5 Å². The fraction of sp³-hybridized carbons (Fsp3) is 0.500. The molecule has 1 atom stereocenters. The van der Waals surface area contributed by atoms with Crippen LogP contribution in [-0.4, -0.2) is 33.2 Å². The van der Waals surface area contributed by atoms with Crippen LogP contribution in [0.3, 0.4) is 0 Å². The molecule has 104 valence electrons. The number of ketones is 1. The van der Waals surface area contributed by atoms with Crippen molar-refractivity contribution in [3.05, 3.63) is 22.7 Å². The predicted octanol–water partition coefficient (Wildman–Crippen LogP) is 2.97. The number of hydrogen-bond donors (Lipinski definition) is 0. The Morgan fingerprint density at radius 3 is 2.74 bits per heavy atom. The standard InChI is InChI=1S/C14H17ClO4/c1-17-11-6-5-10(14(18-2)12(11)15)13(16)9-4-3-7-19-8-9/h5-6,9H,3-4,7-8H2,1-2H3. The van der Waals surface area contributed by atoms with Crippen LogP contribution in [0.4, 0.5) is 0 Å². The Kier molecular flexibility index (Phi) is 4.66. The zero-order chi connectivity index (χ0) is 13.8. The lowest BCUT2D eigenvalue weighted by Crippen LogP contribution is -2.25. The molecule has 1 aromatic carbocycles. The van der Waals surface area contributed by atoms with Gasteiger partial charge in [-0.15, -0.1) is 0 Å². The van der Waals surface area contributed by atoms with Gasteiger partial charge >= 0.3 is 0 Å². The molecule has 1 heterocycles. The van der Waals surface area contributed by atoms with Crippen LogP contribution in [-0.2, 0) is 4.74 Å².